The van der Waals surface area contributed by atoms with Gasteiger partial charge in [0.05, 0.1) is 23.7 Å². The minimum Gasteiger partial charge on any atom is -0.390 e. The normalized spacial score (nSPS) is 49.3. The maximum Gasteiger partial charge on any atom is 0.215 e. The number of nitrogens with zero attached hydrogens (tertiary/aromatic N) is 1. The highest BCUT2D eigenvalue weighted by molar-refractivity contribution is 5.86. The molecule has 0 aromatic heterocycles. The number of hydrogen-bond acceptors (Lipinski definition) is 7. The van der Waals surface area contributed by atoms with Crippen LogP contribution in [0.25, 0.3) is 0 Å². The smallest absolute Gasteiger partial charge is 0.215 e. The number of carbonyl (C=O) groups excluding carboxylic acids is 1. The SMILES string of the molecule is C=C[C@@]1(C)CC(=O)C2[C@]3(C)C([C@H](O)[C@H](O)[C@@]2(C)O1)C(C)(C)CC[C@@H]3OC(O)N(C)C. The van der Waals surface area contributed by atoms with Crippen molar-refractivity contribution in [3.05, 3.63) is 12.7 Å². The quantitative estimate of drug-likeness (QED) is 0.466. The Balaban J connectivity index is 2.17. The average Bonchev–Trinajstić information content (AvgIpc) is 2.61. The van der Waals surface area contributed by atoms with E-state index in [9.17, 15) is 20.1 Å². The first kappa shape index (κ1) is 23.8. The zero-order valence-corrected chi connectivity index (χ0v) is 19.4. The first-order valence-electron chi connectivity index (χ1n) is 10.9. The molecule has 3 rings (SSSR count). The first-order chi connectivity index (χ1) is 13.6. The Bertz CT molecular complexity index is 710. The highest BCUT2D eigenvalue weighted by atomic mass is 16.6. The molecule has 0 amide bonds. The molecule has 2 saturated carbocycles. The van der Waals surface area contributed by atoms with Crippen LogP contribution in [0.3, 0.4) is 0 Å². The number of aliphatic hydroxyl groups excluding tert-OH is 3. The molecule has 3 fully saturated rings. The highest BCUT2D eigenvalue weighted by Gasteiger charge is 2.73. The Morgan fingerprint density at radius 3 is 2.37 bits per heavy atom. The number of rotatable bonds is 4. The van der Waals surface area contributed by atoms with Gasteiger partial charge < -0.3 is 24.8 Å². The van der Waals surface area contributed by atoms with Crippen LogP contribution in [0.4, 0.5) is 0 Å². The van der Waals surface area contributed by atoms with Gasteiger partial charge in [-0.05, 0) is 46.2 Å². The van der Waals surface area contributed by atoms with E-state index < -0.39 is 53.2 Å². The molecule has 0 bridgehead atoms. The van der Waals surface area contributed by atoms with Crippen molar-refractivity contribution in [1.29, 1.82) is 0 Å². The second-order valence-electron chi connectivity index (χ2n) is 11.1. The Kier molecular flexibility index (Phi) is 5.84. The molecule has 1 aliphatic heterocycles. The van der Waals surface area contributed by atoms with E-state index in [2.05, 4.69) is 20.4 Å². The largest absolute Gasteiger partial charge is 0.390 e. The summed E-state index contributed by atoms with van der Waals surface area (Å²) in [5.41, 5.74) is -3.40. The van der Waals surface area contributed by atoms with Gasteiger partial charge in [0.25, 0.3) is 0 Å². The van der Waals surface area contributed by atoms with Gasteiger partial charge in [-0.2, -0.15) is 0 Å². The molecular formula is C23H39NO6. The minimum atomic E-state index is -1.30. The highest BCUT2D eigenvalue weighted by Crippen LogP contribution is 2.65. The summed E-state index contributed by atoms with van der Waals surface area (Å²) in [6.07, 6.45) is -0.853. The summed E-state index contributed by atoms with van der Waals surface area (Å²) in [5, 5.41) is 33.1. The van der Waals surface area contributed by atoms with Crippen LogP contribution in [0.2, 0.25) is 0 Å². The lowest BCUT2D eigenvalue weighted by Crippen LogP contribution is -2.77. The Morgan fingerprint density at radius 2 is 1.83 bits per heavy atom. The summed E-state index contributed by atoms with van der Waals surface area (Å²) in [4.78, 5) is 15.2. The molecule has 0 spiro atoms. The lowest BCUT2D eigenvalue weighted by Gasteiger charge is -2.68. The third-order valence-electron chi connectivity index (χ3n) is 8.16. The molecule has 1 heterocycles. The average molecular weight is 426 g/mol. The molecule has 172 valence electrons. The van der Waals surface area contributed by atoms with Crippen LogP contribution in [0.15, 0.2) is 12.7 Å². The standard InChI is InChI=1S/C23H39NO6/c1-9-21(4)12-13(25)16-22(5)14(29-19(28)24(7)8)10-11-20(2,3)17(22)15(26)18(27)23(16,6)30-21/h9,14-19,26-28H,1,10-12H2,2-8H3/t14-,15-,16?,17?,18-,19?,21-,22+,23-/m0/s1. The lowest BCUT2D eigenvalue weighted by atomic mass is 9.41. The van der Waals surface area contributed by atoms with Crippen LogP contribution in [-0.2, 0) is 14.3 Å². The van der Waals surface area contributed by atoms with Gasteiger partial charge in [0.2, 0.25) is 6.41 Å². The minimum absolute atomic E-state index is 0.0322. The maximum atomic E-state index is 13.6. The summed E-state index contributed by atoms with van der Waals surface area (Å²) >= 11 is 0. The van der Waals surface area contributed by atoms with Gasteiger partial charge >= 0.3 is 0 Å². The van der Waals surface area contributed by atoms with Gasteiger partial charge in [0.1, 0.15) is 17.5 Å². The van der Waals surface area contributed by atoms with Gasteiger partial charge in [0.15, 0.2) is 0 Å². The van der Waals surface area contributed by atoms with Crippen molar-refractivity contribution in [1.82, 2.24) is 4.90 Å². The second-order valence-corrected chi connectivity index (χ2v) is 11.1. The van der Waals surface area contributed by atoms with Crippen molar-refractivity contribution in [2.45, 2.75) is 89.8 Å². The molecule has 0 aromatic rings. The number of aliphatic hydroxyl groups is 3. The summed E-state index contributed by atoms with van der Waals surface area (Å²) in [6, 6.07) is 0. The van der Waals surface area contributed by atoms with Crippen molar-refractivity contribution < 1.29 is 29.6 Å². The van der Waals surface area contributed by atoms with Crippen LogP contribution < -0.4 is 0 Å². The second kappa shape index (κ2) is 7.36. The van der Waals surface area contributed by atoms with Crippen molar-refractivity contribution in [2.24, 2.45) is 22.7 Å². The zero-order valence-electron chi connectivity index (χ0n) is 19.4. The topological polar surface area (TPSA) is 99.5 Å². The predicted octanol–water partition coefficient (Wildman–Crippen LogP) is 1.70. The van der Waals surface area contributed by atoms with Gasteiger partial charge in [0, 0.05) is 17.8 Å². The van der Waals surface area contributed by atoms with E-state index in [-0.39, 0.29) is 17.6 Å². The molecule has 1 saturated heterocycles. The fourth-order valence-electron chi connectivity index (χ4n) is 6.89. The zero-order chi connectivity index (χ0) is 22.9. The Morgan fingerprint density at radius 1 is 1.23 bits per heavy atom. The van der Waals surface area contributed by atoms with Crippen molar-refractivity contribution in [3.63, 3.8) is 0 Å². The first-order valence-corrected chi connectivity index (χ1v) is 10.9. The molecule has 3 unspecified atom stereocenters. The van der Waals surface area contributed by atoms with Gasteiger partial charge in [-0.15, -0.1) is 6.58 Å². The molecule has 2 aliphatic carbocycles. The van der Waals surface area contributed by atoms with Gasteiger partial charge in [-0.25, -0.2) is 0 Å². The molecule has 30 heavy (non-hydrogen) atoms. The summed E-state index contributed by atoms with van der Waals surface area (Å²) in [7, 11) is 3.43. The van der Waals surface area contributed by atoms with E-state index in [1.807, 2.05) is 6.92 Å². The molecule has 3 N–H and O–H groups in total. The van der Waals surface area contributed by atoms with E-state index in [4.69, 9.17) is 9.47 Å². The monoisotopic (exact) mass is 425 g/mol. The van der Waals surface area contributed by atoms with E-state index in [0.717, 1.165) is 6.42 Å². The van der Waals surface area contributed by atoms with Crippen LogP contribution >= 0.6 is 0 Å². The molecule has 7 heteroatoms. The van der Waals surface area contributed by atoms with Crippen LogP contribution in [0.5, 0.6) is 0 Å². The molecule has 9 atom stereocenters. The lowest BCUT2D eigenvalue weighted by molar-refractivity contribution is -0.338. The number of hydrogen-bond donors (Lipinski definition) is 3. The van der Waals surface area contributed by atoms with Gasteiger partial charge in [-0.3, -0.25) is 9.69 Å². The predicted molar refractivity (Wildman–Crippen MR) is 112 cm³/mol. The van der Waals surface area contributed by atoms with Gasteiger partial charge in [-0.1, -0.05) is 26.8 Å². The molecule has 0 aromatic carbocycles. The number of ketones is 1. The number of carbonyl (C=O) groups is 1. The summed E-state index contributed by atoms with van der Waals surface area (Å²) in [6.45, 7) is 13.4. The number of Topliss-reactive ketones (excluding diaryl/α,β-unsaturated/α-hetero) is 1. The third-order valence-corrected chi connectivity index (χ3v) is 8.16. The van der Waals surface area contributed by atoms with Crippen LogP contribution in [0.1, 0.15) is 53.9 Å². The fraction of sp³-hybridized carbons (Fsp3) is 0.870. The fourth-order valence-corrected chi connectivity index (χ4v) is 6.89. The summed E-state index contributed by atoms with van der Waals surface area (Å²) < 4.78 is 12.5. The third kappa shape index (κ3) is 3.29. The Hall–Kier alpha value is -0.830. The van der Waals surface area contributed by atoms with E-state index in [1.165, 1.54) is 0 Å². The van der Waals surface area contributed by atoms with Crippen LogP contribution in [-0.4, -0.2) is 76.0 Å². The van der Waals surface area contributed by atoms with E-state index >= 15 is 0 Å². The Labute approximate surface area is 180 Å². The maximum absolute atomic E-state index is 13.6. The molecular weight excluding hydrogens is 386 g/mol. The van der Waals surface area contributed by atoms with E-state index in [0.29, 0.717) is 6.42 Å². The molecule has 0 radical (unpaired) electrons. The van der Waals surface area contributed by atoms with E-state index in [1.54, 1.807) is 38.9 Å². The number of ether oxygens (including phenoxy) is 2. The van der Waals surface area contributed by atoms with Crippen molar-refractivity contribution in [3.8, 4) is 0 Å². The van der Waals surface area contributed by atoms with Crippen LogP contribution in [0, 0.1) is 22.7 Å². The summed E-state index contributed by atoms with van der Waals surface area (Å²) in [5.74, 6) is -1.14. The van der Waals surface area contributed by atoms with Crippen molar-refractivity contribution >= 4 is 5.78 Å². The number of fused-ring (bicyclic) bond motifs is 3. The van der Waals surface area contributed by atoms with Crippen molar-refractivity contribution in [2.75, 3.05) is 14.1 Å². The molecule has 7 nitrogen and oxygen atoms in total. The molecule has 3 aliphatic rings.